The van der Waals surface area contributed by atoms with Gasteiger partial charge in [0.1, 0.15) is 6.61 Å². The van der Waals surface area contributed by atoms with E-state index in [2.05, 4.69) is 0 Å². The molecule has 1 aromatic rings. The zero-order valence-electron chi connectivity index (χ0n) is 11.2. The number of carbonyl (C=O) groups excluding carboxylic acids is 1. The van der Waals surface area contributed by atoms with Gasteiger partial charge in [-0.15, -0.1) is 0 Å². The lowest BCUT2D eigenvalue weighted by Crippen LogP contribution is -2.03. The predicted molar refractivity (Wildman–Crippen MR) is 68.8 cm³/mol. The van der Waals surface area contributed by atoms with Crippen molar-refractivity contribution >= 4 is 5.97 Å². The highest BCUT2D eigenvalue weighted by Crippen LogP contribution is 2.38. The van der Waals surface area contributed by atoms with Crippen molar-refractivity contribution in [1.82, 2.24) is 0 Å². The molecule has 0 spiro atoms. The van der Waals surface area contributed by atoms with Gasteiger partial charge in [-0.25, -0.2) is 4.79 Å². The zero-order valence-corrected chi connectivity index (χ0v) is 11.2. The average molecular weight is 264 g/mol. The quantitative estimate of drug-likeness (QED) is 0.758. The fourth-order valence-corrected chi connectivity index (χ4v) is 2.00. The van der Waals surface area contributed by atoms with Crippen LogP contribution in [0.25, 0.3) is 0 Å². The van der Waals surface area contributed by atoms with E-state index in [0.717, 1.165) is 5.56 Å². The molecule has 0 saturated heterocycles. The summed E-state index contributed by atoms with van der Waals surface area (Å²) in [6, 6.07) is 3.65. The minimum absolute atomic E-state index is 0.270. The Morgan fingerprint density at radius 2 is 1.74 bits per heavy atom. The Kier molecular flexibility index (Phi) is 3.94. The molecule has 19 heavy (non-hydrogen) atoms. The molecular formula is C14H16O5. The van der Waals surface area contributed by atoms with E-state index in [1.807, 2.05) is 12.1 Å². The molecule has 0 aliphatic carbocycles. The summed E-state index contributed by atoms with van der Waals surface area (Å²) in [6.45, 7) is 0.346. The summed E-state index contributed by atoms with van der Waals surface area (Å²) >= 11 is 0. The molecule has 0 N–H and O–H groups in total. The van der Waals surface area contributed by atoms with E-state index in [1.54, 1.807) is 27.4 Å². The van der Waals surface area contributed by atoms with Gasteiger partial charge < -0.3 is 18.9 Å². The van der Waals surface area contributed by atoms with Crippen molar-refractivity contribution < 1.29 is 23.7 Å². The lowest BCUT2D eigenvalue weighted by molar-refractivity contribution is -0.136. The number of esters is 1. The number of rotatable bonds is 5. The first-order valence-electron chi connectivity index (χ1n) is 5.84. The van der Waals surface area contributed by atoms with Gasteiger partial charge in [0, 0.05) is 12.0 Å². The predicted octanol–water partition coefficient (Wildman–Crippen LogP) is 1.74. The average Bonchev–Trinajstić information content (AvgIpc) is 2.83. The van der Waals surface area contributed by atoms with Crippen LogP contribution in [-0.4, -0.2) is 33.9 Å². The highest BCUT2D eigenvalue weighted by atomic mass is 16.5. The Bertz CT molecular complexity index is 494. The third-order valence-corrected chi connectivity index (χ3v) is 2.93. The molecule has 0 aromatic heterocycles. The van der Waals surface area contributed by atoms with Gasteiger partial charge in [0.25, 0.3) is 0 Å². The maximum Gasteiger partial charge on any atom is 0.334 e. The molecule has 5 heteroatoms. The summed E-state index contributed by atoms with van der Waals surface area (Å²) in [5, 5.41) is 0. The zero-order chi connectivity index (χ0) is 13.8. The normalized spacial score (nSPS) is 13.8. The number of ether oxygens (including phenoxy) is 4. The standard InChI is InChI=1S/C14H16O5/c1-16-11-7-9(6-10-4-5-19-14(10)15)8-12(17-2)13(11)18-3/h4,7-8H,5-6H2,1-3H3. The van der Waals surface area contributed by atoms with E-state index in [4.69, 9.17) is 18.9 Å². The minimum atomic E-state index is -0.270. The van der Waals surface area contributed by atoms with Crippen LogP contribution in [0.4, 0.5) is 0 Å². The summed E-state index contributed by atoms with van der Waals surface area (Å²) in [5.41, 5.74) is 1.55. The number of hydrogen-bond acceptors (Lipinski definition) is 5. The van der Waals surface area contributed by atoms with Crippen LogP contribution in [0.3, 0.4) is 0 Å². The highest BCUT2D eigenvalue weighted by molar-refractivity contribution is 5.90. The summed E-state index contributed by atoms with van der Waals surface area (Å²) < 4.78 is 20.7. The Labute approximate surface area is 111 Å². The lowest BCUT2D eigenvalue weighted by atomic mass is 10.0. The van der Waals surface area contributed by atoms with Gasteiger partial charge in [-0.05, 0) is 23.8 Å². The minimum Gasteiger partial charge on any atom is -0.493 e. The summed E-state index contributed by atoms with van der Waals surface area (Å²) in [4.78, 5) is 11.4. The van der Waals surface area contributed by atoms with Gasteiger partial charge in [-0.2, -0.15) is 0 Å². The number of carbonyl (C=O) groups is 1. The fourth-order valence-electron chi connectivity index (χ4n) is 2.00. The molecule has 5 nitrogen and oxygen atoms in total. The van der Waals surface area contributed by atoms with Gasteiger partial charge in [-0.3, -0.25) is 0 Å². The number of cyclic esters (lactones) is 1. The number of hydrogen-bond donors (Lipinski definition) is 0. The topological polar surface area (TPSA) is 54.0 Å². The van der Waals surface area contributed by atoms with Crippen LogP contribution in [0.5, 0.6) is 17.2 Å². The summed E-state index contributed by atoms with van der Waals surface area (Å²) in [7, 11) is 4.67. The van der Waals surface area contributed by atoms with E-state index < -0.39 is 0 Å². The van der Waals surface area contributed by atoms with Gasteiger partial charge in [0.05, 0.1) is 21.3 Å². The Morgan fingerprint density at radius 3 is 2.16 bits per heavy atom. The maximum absolute atomic E-state index is 11.4. The second kappa shape index (κ2) is 5.65. The van der Waals surface area contributed by atoms with Crippen LogP contribution < -0.4 is 14.2 Å². The third kappa shape index (κ3) is 2.65. The molecular weight excluding hydrogens is 248 g/mol. The molecule has 0 fully saturated rings. The first-order chi connectivity index (χ1) is 9.19. The molecule has 0 amide bonds. The van der Waals surface area contributed by atoms with E-state index in [0.29, 0.717) is 35.8 Å². The van der Waals surface area contributed by atoms with Crippen LogP contribution in [0.15, 0.2) is 23.8 Å². The van der Waals surface area contributed by atoms with Gasteiger partial charge in [0.15, 0.2) is 11.5 Å². The first kappa shape index (κ1) is 13.3. The van der Waals surface area contributed by atoms with Crippen molar-refractivity contribution in [3.8, 4) is 17.2 Å². The third-order valence-electron chi connectivity index (χ3n) is 2.93. The van der Waals surface area contributed by atoms with Crippen molar-refractivity contribution in [3.05, 3.63) is 29.3 Å². The van der Waals surface area contributed by atoms with E-state index in [1.165, 1.54) is 0 Å². The number of benzene rings is 1. The van der Waals surface area contributed by atoms with Crippen LogP contribution >= 0.6 is 0 Å². The molecule has 0 atom stereocenters. The van der Waals surface area contributed by atoms with E-state index in [-0.39, 0.29) is 5.97 Å². The van der Waals surface area contributed by atoms with Crippen molar-refractivity contribution in [2.45, 2.75) is 6.42 Å². The molecule has 0 unspecified atom stereocenters. The SMILES string of the molecule is COc1cc(CC2=CCOC2=O)cc(OC)c1OC. The summed E-state index contributed by atoms with van der Waals surface area (Å²) in [6.07, 6.45) is 2.26. The highest BCUT2D eigenvalue weighted by Gasteiger charge is 2.19. The molecule has 0 radical (unpaired) electrons. The Balaban J connectivity index is 2.33. The smallest absolute Gasteiger partial charge is 0.334 e. The Hall–Kier alpha value is -2.17. The molecule has 1 aliphatic heterocycles. The summed E-state index contributed by atoms with van der Waals surface area (Å²) in [5.74, 6) is 1.41. The van der Waals surface area contributed by atoms with Crippen molar-refractivity contribution in [3.63, 3.8) is 0 Å². The largest absolute Gasteiger partial charge is 0.493 e. The molecule has 0 bridgehead atoms. The van der Waals surface area contributed by atoms with Gasteiger partial charge >= 0.3 is 5.97 Å². The second-order valence-corrected chi connectivity index (χ2v) is 4.04. The molecule has 1 aliphatic rings. The fraction of sp³-hybridized carbons (Fsp3) is 0.357. The van der Waals surface area contributed by atoms with Gasteiger partial charge in [-0.1, -0.05) is 0 Å². The van der Waals surface area contributed by atoms with E-state index >= 15 is 0 Å². The molecule has 102 valence electrons. The van der Waals surface area contributed by atoms with Crippen molar-refractivity contribution in [2.75, 3.05) is 27.9 Å². The first-order valence-corrected chi connectivity index (χ1v) is 5.84. The van der Waals surface area contributed by atoms with Crippen LogP contribution in [-0.2, 0) is 16.0 Å². The second-order valence-electron chi connectivity index (χ2n) is 4.04. The van der Waals surface area contributed by atoms with Crippen LogP contribution in [0.1, 0.15) is 5.56 Å². The molecule has 1 aromatic carbocycles. The van der Waals surface area contributed by atoms with Crippen LogP contribution in [0, 0.1) is 0 Å². The van der Waals surface area contributed by atoms with E-state index in [9.17, 15) is 4.79 Å². The Morgan fingerprint density at radius 1 is 1.11 bits per heavy atom. The number of methoxy groups -OCH3 is 3. The lowest BCUT2D eigenvalue weighted by Gasteiger charge is -2.14. The molecule has 0 saturated carbocycles. The van der Waals surface area contributed by atoms with Crippen molar-refractivity contribution in [2.24, 2.45) is 0 Å². The van der Waals surface area contributed by atoms with Gasteiger partial charge in [0.2, 0.25) is 5.75 Å². The van der Waals surface area contributed by atoms with Crippen LogP contribution in [0.2, 0.25) is 0 Å². The molecule has 2 rings (SSSR count). The maximum atomic E-state index is 11.4. The monoisotopic (exact) mass is 264 g/mol. The molecule has 1 heterocycles. The van der Waals surface area contributed by atoms with Crippen molar-refractivity contribution in [1.29, 1.82) is 0 Å².